The highest BCUT2D eigenvalue weighted by Crippen LogP contribution is 2.24. The Labute approximate surface area is 81.9 Å². The number of anilines is 1. The second-order valence-corrected chi connectivity index (χ2v) is 4.65. The van der Waals surface area contributed by atoms with Gasteiger partial charge in [-0.2, -0.15) is 8.42 Å². The monoisotopic (exact) mass is 211 g/mol. The van der Waals surface area contributed by atoms with Crippen LogP contribution in [0.2, 0.25) is 0 Å². The van der Waals surface area contributed by atoms with Crippen LogP contribution in [0.5, 0.6) is 0 Å². The molecule has 1 aromatic rings. The molecule has 1 aliphatic rings. The van der Waals surface area contributed by atoms with E-state index in [1.807, 2.05) is 0 Å². The minimum atomic E-state index is -3.55. The molecule has 0 amide bonds. The van der Waals surface area contributed by atoms with Crippen LogP contribution in [0.1, 0.15) is 12.6 Å². The lowest BCUT2D eigenvalue weighted by molar-refractivity contribution is 0.597. The van der Waals surface area contributed by atoms with Crippen molar-refractivity contribution in [3.8, 4) is 0 Å². The lowest BCUT2D eigenvalue weighted by Gasteiger charge is -2.14. The van der Waals surface area contributed by atoms with E-state index in [-0.39, 0.29) is 4.90 Å². The van der Waals surface area contributed by atoms with Crippen LogP contribution in [0.4, 0.5) is 5.82 Å². The molecule has 1 aliphatic heterocycles. The number of aryl methyl sites for hydroxylation is 1. The molecular weight excluding hydrogens is 202 g/mol. The number of nitrogens with zero attached hydrogens (tertiary/aromatic N) is 2. The Balaban J connectivity index is 2.71. The number of pyridine rings is 1. The molecule has 6 heteroatoms. The summed E-state index contributed by atoms with van der Waals surface area (Å²) < 4.78 is 26.6. The molecule has 74 valence electrons. The third-order valence-corrected chi connectivity index (χ3v) is 3.23. The number of aromatic nitrogens is 1. The highest BCUT2D eigenvalue weighted by atomic mass is 32.2. The van der Waals surface area contributed by atoms with Crippen molar-refractivity contribution in [3.05, 3.63) is 17.8 Å². The SMILES string of the molecule is CC1=NS(=O)(=O)c2ccc(C)nc2N1. The molecule has 0 spiro atoms. The Morgan fingerprint density at radius 3 is 2.71 bits per heavy atom. The van der Waals surface area contributed by atoms with Crippen LogP contribution in [0.25, 0.3) is 0 Å². The summed E-state index contributed by atoms with van der Waals surface area (Å²) in [5.74, 6) is 0.702. The van der Waals surface area contributed by atoms with Gasteiger partial charge in [-0.05, 0) is 26.0 Å². The first-order chi connectivity index (χ1) is 6.49. The highest BCUT2D eigenvalue weighted by Gasteiger charge is 2.23. The standard InChI is InChI=1S/C8H9N3O2S/c1-5-3-4-7-8(9-5)10-6(2)11-14(7,12)13/h3-4H,1-2H3,(H,9,10,11). The number of sulfonamides is 1. The number of amidine groups is 1. The van der Waals surface area contributed by atoms with E-state index in [9.17, 15) is 8.42 Å². The second kappa shape index (κ2) is 2.78. The minimum absolute atomic E-state index is 0.133. The van der Waals surface area contributed by atoms with E-state index in [1.54, 1.807) is 19.9 Å². The average Bonchev–Trinajstić information content (AvgIpc) is 2.00. The second-order valence-electron chi connectivity index (χ2n) is 3.08. The molecule has 2 rings (SSSR count). The van der Waals surface area contributed by atoms with Gasteiger partial charge in [0.25, 0.3) is 10.0 Å². The van der Waals surface area contributed by atoms with E-state index in [2.05, 4.69) is 14.7 Å². The molecule has 0 saturated carbocycles. The molecule has 14 heavy (non-hydrogen) atoms. The normalized spacial score (nSPS) is 18.0. The average molecular weight is 211 g/mol. The Bertz CT molecular complexity index is 519. The Morgan fingerprint density at radius 1 is 1.29 bits per heavy atom. The summed E-state index contributed by atoms with van der Waals surface area (Å²) in [6.45, 7) is 3.39. The molecule has 0 aliphatic carbocycles. The van der Waals surface area contributed by atoms with Crippen molar-refractivity contribution >= 4 is 21.7 Å². The van der Waals surface area contributed by atoms with Gasteiger partial charge in [-0.25, -0.2) is 4.98 Å². The zero-order valence-electron chi connectivity index (χ0n) is 7.77. The molecule has 0 aromatic carbocycles. The van der Waals surface area contributed by atoms with Gasteiger partial charge in [0.1, 0.15) is 10.7 Å². The molecule has 0 saturated heterocycles. The molecule has 0 radical (unpaired) electrons. The van der Waals surface area contributed by atoms with Crippen LogP contribution in [-0.2, 0) is 10.0 Å². The van der Waals surface area contributed by atoms with E-state index < -0.39 is 10.0 Å². The van der Waals surface area contributed by atoms with Crippen LogP contribution in [0.15, 0.2) is 21.4 Å². The highest BCUT2D eigenvalue weighted by molar-refractivity contribution is 7.90. The van der Waals surface area contributed by atoms with Gasteiger partial charge >= 0.3 is 0 Å². The molecular formula is C8H9N3O2S. The topological polar surface area (TPSA) is 71.4 Å². The number of hydrogen-bond acceptors (Lipinski definition) is 4. The predicted octanol–water partition coefficient (Wildman–Crippen LogP) is 0.923. The molecule has 5 nitrogen and oxygen atoms in total. The van der Waals surface area contributed by atoms with Crippen molar-refractivity contribution < 1.29 is 8.42 Å². The quantitative estimate of drug-likeness (QED) is 0.692. The van der Waals surface area contributed by atoms with Crippen molar-refractivity contribution in [1.29, 1.82) is 0 Å². The van der Waals surface area contributed by atoms with Crippen LogP contribution in [0, 0.1) is 6.92 Å². The van der Waals surface area contributed by atoms with Gasteiger partial charge in [0, 0.05) is 5.69 Å². The first-order valence-corrected chi connectivity index (χ1v) is 5.49. The van der Waals surface area contributed by atoms with E-state index in [1.165, 1.54) is 6.07 Å². The number of hydrogen-bond donors (Lipinski definition) is 1. The zero-order chi connectivity index (χ0) is 10.3. The Hall–Kier alpha value is -1.43. The Morgan fingerprint density at radius 2 is 2.00 bits per heavy atom. The van der Waals surface area contributed by atoms with Crippen molar-refractivity contribution in [2.45, 2.75) is 18.7 Å². The lowest BCUT2D eigenvalue weighted by atomic mass is 10.3. The summed E-state index contributed by atoms with van der Waals surface area (Å²) in [6.07, 6.45) is 0. The maximum absolute atomic E-state index is 11.5. The largest absolute Gasteiger partial charge is 0.327 e. The van der Waals surface area contributed by atoms with Crippen molar-refractivity contribution in [2.75, 3.05) is 5.32 Å². The first-order valence-electron chi connectivity index (χ1n) is 4.05. The minimum Gasteiger partial charge on any atom is -0.327 e. The van der Waals surface area contributed by atoms with Crippen LogP contribution in [-0.4, -0.2) is 19.2 Å². The van der Waals surface area contributed by atoms with Gasteiger partial charge in [0.2, 0.25) is 0 Å². The molecule has 0 unspecified atom stereocenters. The number of nitrogens with one attached hydrogen (secondary N) is 1. The van der Waals surface area contributed by atoms with Crippen molar-refractivity contribution in [1.82, 2.24) is 4.98 Å². The van der Waals surface area contributed by atoms with Crippen molar-refractivity contribution in [3.63, 3.8) is 0 Å². The van der Waals surface area contributed by atoms with E-state index >= 15 is 0 Å². The maximum atomic E-state index is 11.5. The fourth-order valence-corrected chi connectivity index (χ4v) is 2.35. The summed E-state index contributed by atoms with van der Waals surface area (Å²) in [6, 6.07) is 3.16. The van der Waals surface area contributed by atoms with E-state index in [4.69, 9.17) is 0 Å². The number of fused-ring (bicyclic) bond motifs is 1. The molecule has 1 aromatic heterocycles. The molecule has 1 N–H and O–H groups in total. The van der Waals surface area contributed by atoms with Gasteiger partial charge in [-0.1, -0.05) is 0 Å². The molecule has 0 fully saturated rings. The van der Waals surface area contributed by atoms with Crippen molar-refractivity contribution in [2.24, 2.45) is 4.40 Å². The van der Waals surface area contributed by atoms with Crippen LogP contribution < -0.4 is 5.32 Å². The predicted molar refractivity (Wildman–Crippen MR) is 52.9 cm³/mol. The molecule has 0 bridgehead atoms. The van der Waals surface area contributed by atoms with Crippen LogP contribution >= 0.6 is 0 Å². The molecule has 0 atom stereocenters. The van der Waals surface area contributed by atoms with Gasteiger partial charge in [-0.3, -0.25) is 0 Å². The van der Waals surface area contributed by atoms with Gasteiger partial charge in [-0.15, -0.1) is 4.40 Å². The Kier molecular flexibility index (Phi) is 1.81. The van der Waals surface area contributed by atoms with E-state index in [0.717, 1.165) is 5.69 Å². The maximum Gasteiger partial charge on any atom is 0.287 e. The third-order valence-electron chi connectivity index (χ3n) is 1.83. The summed E-state index contributed by atoms with van der Waals surface area (Å²) in [7, 11) is -3.55. The number of rotatable bonds is 0. The smallest absolute Gasteiger partial charge is 0.287 e. The van der Waals surface area contributed by atoms with Gasteiger partial charge in [0.05, 0.1) is 0 Å². The summed E-state index contributed by atoms with van der Waals surface area (Å²) in [5, 5.41) is 2.82. The third kappa shape index (κ3) is 1.37. The fourth-order valence-electron chi connectivity index (χ4n) is 1.27. The summed E-state index contributed by atoms with van der Waals surface area (Å²) in [4.78, 5) is 4.22. The lowest BCUT2D eigenvalue weighted by Crippen LogP contribution is -2.19. The fraction of sp³-hybridized carbons (Fsp3) is 0.250. The first kappa shape index (κ1) is 9.14. The van der Waals surface area contributed by atoms with Gasteiger partial charge in [0.15, 0.2) is 5.82 Å². The van der Waals surface area contributed by atoms with Gasteiger partial charge < -0.3 is 5.32 Å². The molecule has 2 heterocycles. The van der Waals surface area contributed by atoms with Crippen LogP contribution in [0.3, 0.4) is 0 Å². The van der Waals surface area contributed by atoms with E-state index in [0.29, 0.717) is 11.7 Å². The zero-order valence-corrected chi connectivity index (χ0v) is 8.59. The summed E-state index contributed by atoms with van der Waals surface area (Å²) in [5.41, 5.74) is 0.765. The summed E-state index contributed by atoms with van der Waals surface area (Å²) >= 11 is 0.